The molecule has 0 bridgehead atoms. The molecule has 0 radical (unpaired) electrons. The molecule has 15 heavy (non-hydrogen) atoms. The number of aromatic nitrogens is 1. The molecule has 1 aromatic carbocycles. The highest BCUT2D eigenvalue weighted by Gasteiger charge is 2.11. The van der Waals surface area contributed by atoms with Crippen LogP contribution in [0.25, 0.3) is 11.3 Å². The zero-order chi connectivity index (χ0) is 10.8. The van der Waals surface area contributed by atoms with Crippen LogP contribution < -0.4 is 0 Å². The van der Waals surface area contributed by atoms with E-state index in [0.29, 0.717) is 15.6 Å². The lowest BCUT2D eigenvalue weighted by molar-refractivity contribution is 0.570. The summed E-state index contributed by atoms with van der Waals surface area (Å²) in [5, 5.41) is 0.605. The first-order valence-electron chi connectivity index (χ1n) is 4.16. The van der Waals surface area contributed by atoms with Crippen molar-refractivity contribution >= 4 is 31.9 Å². The van der Waals surface area contributed by atoms with Gasteiger partial charge in [0.25, 0.3) is 0 Å². The molecule has 0 saturated heterocycles. The van der Waals surface area contributed by atoms with Crippen molar-refractivity contribution in [2.45, 2.75) is 5.33 Å². The topological polar surface area (TPSA) is 26.0 Å². The summed E-state index contributed by atoms with van der Waals surface area (Å²) in [6.07, 6.45) is 1.38. The first-order valence-corrected chi connectivity index (χ1v) is 6.07. The lowest BCUT2D eigenvalue weighted by atomic mass is 10.1. The van der Waals surface area contributed by atoms with Gasteiger partial charge >= 0.3 is 0 Å². The van der Waals surface area contributed by atoms with E-state index < -0.39 is 0 Å². The summed E-state index contributed by atoms with van der Waals surface area (Å²) in [4.78, 5) is 4.04. The summed E-state index contributed by atoms with van der Waals surface area (Å²) in [7, 11) is 0. The summed E-state index contributed by atoms with van der Waals surface area (Å²) >= 11 is 6.44. The second kappa shape index (κ2) is 4.45. The number of hydrogen-bond donors (Lipinski definition) is 0. The molecular formula is C10H6Br2FNO. The van der Waals surface area contributed by atoms with Gasteiger partial charge in [0.2, 0.25) is 0 Å². The quantitative estimate of drug-likeness (QED) is 0.771. The average molecular weight is 335 g/mol. The van der Waals surface area contributed by atoms with Gasteiger partial charge in [-0.05, 0) is 34.1 Å². The minimum absolute atomic E-state index is 0.293. The first-order chi connectivity index (χ1) is 7.22. The van der Waals surface area contributed by atoms with Crippen LogP contribution >= 0.6 is 31.9 Å². The molecule has 0 unspecified atom stereocenters. The fourth-order valence-electron chi connectivity index (χ4n) is 1.24. The Balaban J connectivity index is 2.50. The van der Waals surface area contributed by atoms with Gasteiger partial charge in [-0.25, -0.2) is 9.37 Å². The molecule has 0 saturated carbocycles. The maximum absolute atomic E-state index is 13.0. The SMILES string of the molecule is Fc1ccc(-c2ocnc2CBr)cc1Br. The van der Waals surface area contributed by atoms with Gasteiger partial charge in [-0.15, -0.1) is 0 Å². The molecule has 0 N–H and O–H groups in total. The second-order valence-electron chi connectivity index (χ2n) is 2.89. The van der Waals surface area contributed by atoms with Crippen molar-refractivity contribution in [3.8, 4) is 11.3 Å². The van der Waals surface area contributed by atoms with Crippen LogP contribution in [-0.4, -0.2) is 4.98 Å². The third-order valence-corrected chi connectivity index (χ3v) is 3.09. The van der Waals surface area contributed by atoms with Crippen LogP contribution in [0, 0.1) is 5.82 Å². The van der Waals surface area contributed by atoms with E-state index in [1.54, 1.807) is 12.1 Å². The number of nitrogens with zero attached hydrogens (tertiary/aromatic N) is 1. The molecule has 2 rings (SSSR count). The summed E-state index contributed by atoms with van der Waals surface area (Å²) in [5.41, 5.74) is 1.60. The molecule has 0 aliphatic heterocycles. The molecule has 0 amide bonds. The van der Waals surface area contributed by atoms with E-state index in [-0.39, 0.29) is 5.82 Å². The standard InChI is InChI=1S/C10H6Br2FNO/c11-4-9-10(15-5-14-9)6-1-2-8(13)7(12)3-6/h1-3,5H,4H2. The predicted octanol–water partition coefficient (Wildman–Crippen LogP) is 4.14. The lowest BCUT2D eigenvalue weighted by Crippen LogP contribution is -1.84. The van der Waals surface area contributed by atoms with Gasteiger partial charge in [0.05, 0.1) is 10.2 Å². The minimum Gasteiger partial charge on any atom is -0.443 e. The summed E-state index contributed by atoms with van der Waals surface area (Å²) in [6.45, 7) is 0. The zero-order valence-corrected chi connectivity index (χ0v) is 10.7. The Morgan fingerprint density at radius 1 is 1.40 bits per heavy atom. The van der Waals surface area contributed by atoms with E-state index in [0.717, 1.165) is 11.3 Å². The van der Waals surface area contributed by atoms with E-state index in [1.165, 1.54) is 12.5 Å². The lowest BCUT2D eigenvalue weighted by Gasteiger charge is -2.00. The van der Waals surface area contributed by atoms with E-state index >= 15 is 0 Å². The number of alkyl halides is 1. The largest absolute Gasteiger partial charge is 0.443 e. The Hall–Kier alpha value is -0.680. The molecule has 2 aromatic rings. The highest BCUT2D eigenvalue weighted by Crippen LogP contribution is 2.28. The van der Waals surface area contributed by atoms with Crippen molar-refractivity contribution in [2.75, 3.05) is 0 Å². The Labute approximate surface area is 103 Å². The van der Waals surface area contributed by atoms with Gasteiger partial charge in [0, 0.05) is 10.9 Å². The fourth-order valence-corrected chi connectivity index (χ4v) is 2.01. The van der Waals surface area contributed by atoms with Crippen LogP contribution in [0.15, 0.2) is 33.5 Å². The molecule has 5 heteroatoms. The molecule has 0 spiro atoms. The molecule has 2 nitrogen and oxygen atoms in total. The molecule has 0 aliphatic carbocycles. The van der Waals surface area contributed by atoms with Gasteiger partial charge in [-0.2, -0.15) is 0 Å². The highest BCUT2D eigenvalue weighted by atomic mass is 79.9. The Kier molecular flexibility index (Phi) is 3.21. The Morgan fingerprint density at radius 2 is 2.20 bits per heavy atom. The van der Waals surface area contributed by atoms with Crippen LogP contribution in [0.1, 0.15) is 5.69 Å². The zero-order valence-electron chi connectivity index (χ0n) is 7.51. The van der Waals surface area contributed by atoms with Crippen LogP contribution in [0.4, 0.5) is 4.39 Å². The van der Waals surface area contributed by atoms with Gasteiger partial charge < -0.3 is 4.42 Å². The average Bonchev–Trinajstić information content (AvgIpc) is 2.70. The smallest absolute Gasteiger partial charge is 0.181 e. The van der Waals surface area contributed by atoms with Gasteiger partial charge in [0.15, 0.2) is 12.2 Å². The van der Waals surface area contributed by atoms with E-state index in [4.69, 9.17) is 4.42 Å². The Bertz CT molecular complexity index is 484. The van der Waals surface area contributed by atoms with Gasteiger partial charge in [0.1, 0.15) is 5.82 Å². The van der Waals surface area contributed by atoms with E-state index in [2.05, 4.69) is 36.8 Å². The Morgan fingerprint density at radius 3 is 2.87 bits per heavy atom. The number of halogens is 3. The van der Waals surface area contributed by atoms with Crippen LogP contribution in [0.2, 0.25) is 0 Å². The van der Waals surface area contributed by atoms with Gasteiger partial charge in [-0.1, -0.05) is 15.9 Å². The second-order valence-corrected chi connectivity index (χ2v) is 4.31. The molecule has 0 atom stereocenters. The third-order valence-electron chi connectivity index (χ3n) is 1.95. The fraction of sp³-hybridized carbons (Fsp3) is 0.100. The molecule has 78 valence electrons. The summed E-state index contributed by atoms with van der Waals surface area (Å²) < 4.78 is 18.7. The number of benzene rings is 1. The van der Waals surface area contributed by atoms with Crippen LogP contribution in [0.5, 0.6) is 0 Å². The van der Waals surface area contributed by atoms with Crippen molar-refractivity contribution in [1.29, 1.82) is 0 Å². The summed E-state index contributed by atoms with van der Waals surface area (Å²) in [5.74, 6) is 0.367. The third kappa shape index (κ3) is 2.13. The van der Waals surface area contributed by atoms with E-state index in [1.807, 2.05) is 0 Å². The van der Waals surface area contributed by atoms with Crippen LogP contribution in [0.3, 0.4) is 0 Å². The van der Waals surface area contributed by atoms with Crippen molar-refractivity contribution in [3.05, 3.63) is 40.6 Å². The van der Waals surface area contributed by atoms with Crippen molar-refractivity contribution < 1.29 is 8.81 Å². The van der Waals surface area contributed by atoms with Gasteiger partial charge in [-0.3, -0.25) is 0 Å². The molecule has 1 aromatic heterocycles. The highest BCUT2D eigenvalue weighted by molar-refractivity contribution is 9.10. The predicted molar refractivity (Wildman–Crippen MR) is 62.2 cm³/mol. The van der Waals surface area contributed by atoms with Crippen LogP contribution in [-0.2, 0) is 5.33 Å². The summed E-state index contributed by atoms with van der Waals surface area (Å²) in [6, 6.07) is 4.72. The molecule has 0 aliphatic rings. The minimum atomic E-state index is -0.293. The number of oxazole rings is 1. The number of rotatable bonds is 2. The monoisotopic (exact) mass is 333 g/mol. The maximum Gasteiger partial charge on any atom is 0.181 e. The number of hydrogen-bond acceptors (Lipinski definition) is 2. The van der Waals surface area contributed by atoms with E-state index in [9.17, 15) is 4.39 Å². The maximum atomic E-state index is 13.0. The van der Waals surface area contributed by atoms with Crippen molar-refractivity contribution in [3.63, 3.8) is 0 Å². The van der Waals surface area contributed by atoms with Crippen molar-refractivity contribution in [2.24, 2.45) is 0 Å². The molecule has 0 fully saturated rings. The van der Waals surface area contributed by atoms with Crippen molar-refractivity contribution in [1.82, 2.24) is 4.98 Å². The molecule has 1 heterocycles. The first kappa shape index (κ1) is 10.8. The molecular weight excluding hydrogens is 329 g/mol. The normalized spacial score (nSPS) is 10.6.